The van der Waals surface area contributed by atoms with Gasteiger partial charge >= 0.3 is 24.2 Å². The molecule has 3 N–H and O–H groups in total. The van der Waals surface area contributed by atoms with Crippen molar-refractivity contribution in [2.24, 2.45) is 11.7 Å². The Bertz CT molecular complexity index is 951. The minimum atomic E-state index is -1.37. The number of carboxylic acids is 1. The van der Waals surface area contributed by atoms with E-state index in [1.807, 2.05) is 20.8 Å². The van der Waals surface area contributed by atoms with Crippen molar-refractivity contribution in [3.05, 3.63) is 23.8 Å². The van der Waals surface area contributed by atoms with E-state index < -0.39 is 42.3 Å². The molecule has 0 heterocycles. The van der Waals surface area contributed by atoms with Crippen molar-refractivity contribution in [3.63, 3.8) is 0 Å². The molecule has 0 aliphatic heterocycles. The lowest BCUT2D eigenvalue weighted by molar-refractivity contribution is -0.153. The maximum atomic E-state index is 12.4. The van der Waals surface area contributed by atoms with Crippen LogP contribution in [0.3, 0.4) is 0 Å². The number of esters is 1. The van der Waals surface area contributed by atoms with Gasteiger partial charge in [0.25, 0.3) is 0 Å². The van der Waals surface area contributed by atoms with Crippen molar-refractivity contribution in [2.45, 2.75) is 104 Å². The van der Waals surface area contributed by atoms with E-state index in [9.17, 15) is 24.3 Å². The van der Waals surface area contributed by atoms with Crippen LogP contribution in [0.2, 0.25) is 0 Å². The number of rotatable bonds is 18. The molecule has 4 atom stereocenters. The number of ether oxygens (including phenoxy) is 5. The number of carbonyl (C=O) groups excluding carboxylic acids is 3. The number of carboxylic acid groups (broad SMARTS) is 1. The standard InChI is InChI=1S/C29H45NO10/c1-6-9-11-15-36-28(34)39-23-14-13-21(18-24(23)40-29(35)37-16-12-10-7-2)22(25(30)26(31)32)17-20(5)38-27(33)19(4)8-3/h13-14,18-20,22,25H,6-12,15-17,30H2,1-5H3,(H,31,32)/t19?,20?,22?,25-/m0/s1. The van der Waals surface area contributed by atoms with E-state index in [0.717, 1.165) is 25.7 Å². The molecule has 1 aromatic carbocycles. The molecule has 0 amide bonds. The van der Waals surface area contributed by atoms with Gasteiger partial charge in [0.15, 0.2) is 11.5 Å². The molecule has 0 saturated heterocycles. The quantitative estimate of drug-likeness (QED) is 0.0931. The van der Waals surface area contributed by atoms with E-state index in [2.05, 4.69) is 0 Å². The Labute approximate surface area is 236 Å². The van der Waals surface area contributed by atoms with Crippen LogP contribution >= 0.6 is 0 Å². The number of aliphatic carboxylic acids is 1. The molecule has 0 spiro atoms. The molecule has 1 rings (SSSR count). The molecule has 0 saturated carbocycles. The van der Waals surface area contributed by atoms with E-state index in [4.69, 9.17) is 29.4 Å². The molecule has 0 aliphatic carbocycles. The minimum absolute atomic E-state index is 0.0796. The van der Waals surface area contributed by atoms with Crippen molar-refractivity contribution in [3.8, 4) is 11.5 Å². The van der Waals surface area contributed by atoms with Crippen LogP contribution in [0.15, 0.2) is 18.2 Å². The number of hydrogen-bond donors (Lipinski definition) is 2. The van der Waals surface area contributed by atoms with Gasteiger partial charge in [0.1, 0.15) is 6.04 Å². The van der Waals surface area contributed by atoms with Gasteiger partial charge in [0.2, 0.25) is 0 Å². The van der Waals surface area contributed by atoms with E-state index in [1.165, 1.54) is 18.2 Å². The predicted molar refractivity (Wildman–Crippen MR) is 147 cm³/mol. The zero-order valence-corrected chi connectivity index (χ0v) is 24.3. The summed E-state index contributed by atoms with van der Waals surface area (Å²) in [6.45, 7) is 9.61. The second kappa shape index (κ2) is 18.9. The molecule has 0 aromatic heterocycles. The molecule has 11 nitrogen and oxygen atoms in total. The Morgan fingerprint density at radius 3 is 1.90 bits per heavy atom. The highest BCUT2D eigenvalue weighted by atomic mass is 16.7. The SMILES string of the molecule is CCCCCOC(=O)Oc1ccc(C(CC(C)OC(=O)C(C)CC)[C@H](N)C(=O)O)cc1OC(=O)OCCCCC. The fourth-order valence-electron chi connectivity index (χ4n) is 3.72. The summed E-state index contributed by atoms with van der Waals surface area (Å²) in [7, 11) is 0. The maximum absolute atomic E-state index is 12.4. The van der Waals surface area contributed by atoms with Gasteiger partial charge in [0.05, 0.1) is 25.2 Å². The summed E-state index contributed by atoms with van der Waals surface area (Å²) >= 11 is 0. The van der Waals surface area contributed by atoms with Crippen LogP contribution in [-0.2, 0) is 23.8 Å². The second-order valence-electron chi connectivity index (χ2n) is 9.78. The summed E-state index contributed by atoms with van der Waals surface area (Å²) in [5.41, 5.74) is 6.40. The van der Waals surface area contributed by atoms with Crippen molar-refractivity contribution in [1.29, 1.82) is 0 Å². The summed E-state index contributed by atoms with van der Waals surface area (Å²) in [4.78, 5) is 48.7. The predicted octanol–water partition coefficient (Wildman–Crippen LogP) is 5.96. The number of carbonyl (C=O) groups is 4. The molecule has 0 aliphatic rings. The Morgan fingerprint density at radius 2 is 1.40 bits per heavy atom. The lowest BCUT2D eigenvalue weighted by Gasteiger charge is -2.26. The van der Waals surface area contributed by atoms with Crippen LogP contribution in [0.25, 0.3) is 0 Å². The first kappa shape index (κ1) is 34.7. The molecule has 0 bridgehead atoms. The molecular weight excluding hydrogens is 522 g/mol. The second-order valence-corrected chi connectivity index (χ2v) is 9.78. The normalized spacial score (nSPS) is 13.8. The fourth-order valence-corrected chi connectivity index (χ4v) is 3.72. The van der Waals surface area contributed by atoms with Crippen LogP contribution in [0.4, 0.5) is 9.59 Å². The van der Waals surface area contributed by atoms with Crippen molar-refractivity contribution < 1.29 is 48.0 Å². The van der Waals surface area contributed by atoms with Crippen LogP contribution in [0, 0.1) is 5.92 Å². The lowest BCUT2D eigenvalue weighted by atomic mass is 9.87. The molecule has 0 radical (unpaired) electrons. The molecule has 40 heavy (non-hydrogen) atoms. The van der Waals surface area contributed by atoms with Gasteiger partial charge in [0, 0.05) is 5.92 Å². The summed E-state index contributed by atoms with van der Waals surface area (Å²) < 4.78 is 26.3. The van der Waals surface area contributed by atoms with Gasteiger partial charge in [-0.25, -0.2) is 9.59 Å². The number of hydrogen-bond acceptors (Lipinski definition) is 10. The Hall–Kier alpha value is -3.34. The van der Waals surface area contributed by atoms with Crippen LogP contribution < -0.4 is 15.2 Å². The third-order valence-electron chi connectivity index (χ3n) is 6.35. The maximum Gasteiger partial charge on any atom is 0.513 e. The van der Waals surface area contributed by atoms with Gasteiger partial charge < -0.3 is 34.5 Å². The average molecular weight is 568 g/mol. The molecule has 11 heteroatoms. The highest BCUT2D eigenvalue weighted by Gasteiger charge is 2.30. The topological polar surface area (TPSA) is 161 Å². The third kappa shape index (κ3) is 12.7. The first-order chi connectivity index (χ1) is 19.0. The van der Waals surface area contributed by atoms with Gasteiger partial charge in [-0.1, -0.05) is 59.4 Å². The zero-order chi connectivity index (χ0) is 30.1. The molecule has 1 aromatic rings. The van der Waals surface area contributed by atoms with Crippen molar-refractivity contribution in [2.75, 3.05) is 13.2 Å². The summed E-state index contributed by atoms with van der Waals surface area (Å²) in [6, 6.07) is 2.87. The highest BCUT2D eigenvalue weighted by molar-refractivity contribution is 5.75. The van der Waals surface area contributed by atoms with Crippen LogP contribution in [-0.4, -0.2) is 54.7 Å². The molecule has 3 unspecified atom stereocenters. The smallest absolute Gasteiger partial charge is 0.480 e. The zero-order valence-electron chi connectivity index (χ0n) is 24.3. The highest BCUT2D eigenvalue weighted by Crippen LogP contribution is 2.35. The first-order valence-electron chi connectivity index (χ1n) is 14.1. The average Bonchev–Trinajstić information content (AvgIpc) is 2.92. The van der Waals surface area contributed by atoms with E-state index >= 15 is 0 Å². The Balaban J connectivity index is 3.24. The summed E-state index contributed by atoms with van der Waals surface area (Å²) in [5, 5.41) is 9.66. The van der Waals surface area contributed by atoms with Crippen molar-refractivity contribution >= 4 is 24.2 Å². The summed E-state index contributed by atoms with van der Waals surface area (Å²) in [6.07, 6.45) is 3.01. The number of benzene rings is 1. The molecule has 226 valence electrons. The van der Waals surface area contributed by atoms with E-state index in [0.29, 0.717) is 24.8 Å². The van der Waals surface area contributed by atoms with Gasteiger partial charge in [-0.2, -0.15) is 0 Å². The fraction of sp³-hybridized carbons (Fsp3) is 0.655. The number of unbranched alkanes of at least 4 members (excludes halogenated alkanes) is 4. The van der Waals surface area contributed by atoms with Crippen molar-refractivity contribution in [1.82, 2.24) is 0 Å². The van der Waals surface area contributed by atoms with Gasteiger partial charge in [-0.05, 0) is 50.3 Å². The third-order valence-corrected chi connectivity index (χ3v) is 6.35. The molecule has 0 fully saturated rings. The molecular formula is C29H45NO10. The van der Waals surface area contributed by atoms with Gasteiger partial charge in [-0.3, -0.25) is 9.59 Å². The van der Waals surface area contributed by atoms with Gasteiger partial charge in [-0.15, -0.1) is 0 Å². The first-order valence-corrected chi connectivity index (χ1v) is 14.1. The van der Waals surface area contributed by atoms with Crippen LogP contribution in [0.5, 0.6) is 11.5 Å². The van der Waals surface area contributed by atoms with E-state index in [-0.39, 0.29) is 37.1 Å². The Kier molecular flexibility index (Phi) is 16.4. The number of nitrogens with two attached hydrogens (primary N) is 1. The monoisotopic (exact) mass is 567 g/mol. The Morgan fingerprint density at radius 1 is 0.850 bits per heavy atom. The van der Waals surface area contributed by atoms with Crippen LogP contribution in [0.1, 0.15) is 97.5 Å². The lowest BCUT2D eigenvalue weighted by Crippen LogP contribution is -2.38. The summed E-state index contributed by atoms with van der Waals surface area (Å²) in [5.74, 6) is -3.09. The largest absolute Gasteiger partial charge is 0.513 e. The van der Waals surface area contributed by atoms with E-state index in [1.54, 1.807) is 13.8 Å². The minimum Gasteiger partial charge on any atom is -0.480 e.